The largest absolute Gasteiger partial charge is 0.481 e. The van der Waals surface area contributed by atoms with Crippen LogP contribution in [0, 0.1) is 10.1 Å². The lowest BCUT2D eigenvalue weighted by atomic mass is 10.1. The maximum Gasteiger partial charge on any atom is 0.303 e. The van der Waals surface area contributed by atoms with Crippen molar-refractivity contribution in [3.8, 4) is 11.3 Å². The monoisotopic (exact) mass is 452 g/mol. The Labute approximate surface area is 179 Å². The molecule has 29 heavy (non-hydrogen) atoms. The molecular weight excluding hydrogens is 440 g/mol. The first-order valence-electron chi connectivity index (χ1n) is 8.27. The van der Waals surface area contributed by atoms with E-state index in [2.05, 4.69) is 0 Å². The number of nitro groups is 1. The van der Waals surface area contributed by atoms with Gasteiger partial charge < -0.3 is 9.52 Å². The fraction of sp³-hybridized carbons (Fsp3) is 0.167. The van der Waals surface area contributed by atoms with Crippen molar-refractivity contribution < 1.29 is 24.0 Å². The summed E-state index contributed by atoms with van der Waals surface area (Å²) in [5, 5.41) is 19.7. The Morgan fingerprint density at radius 3 is 2.79 bits per heavy atom. The number of halogens is 1. The quantitative estimate of drug-likeness (QED) is 0.281. The van der Waals surface area contributed by atoms with E-state index in [1.165, 1.54) is 23.1 Å². The molecule has 1 aliphatic heterocycles. The van der Waals surface area contributed by atoms with E-state index in [1.807, 2.05) is 0 Å². The number of nitrogens with zero attached hydrogens (tertiary/aromatic N) is 2. The number of non-ortho nitro benzene ring substituents is 1. The molecule has 0 radical (unpaired) electrons. The summed E-state index contributed by atoms with van der Waals surface area (Å²) in [6.07, 6.45) is 1.80. The third-order valence-electron chi connectivity index (χ3n) is 3.98. The molecule has 0 unspecified atom stereocenters. The highest BCUT2D eigenvalue weighted by atomic mass is 35.5. The fourth-order valence-electron chi connectivity index (χ4n) is 2.60. The number of furan rings is 1. The lowest BCUT2D eigenvalue weighted by Crippen LogP contribution is -2.29. The number of rotatable bonds is 7. The van der Waals surface area contributed by atoms with Gasteiger partial charge >= 0.3 is 5.97 Å². The predicted molar refractivity (Wildman–Crippen MR) is 113 cm³/mol. The molecule has 1 aromatic carbocycles. The lowest BCUT2D eigenvalue weighted by molar-refractivity contribution is -0.384. The van der Waals surface area contributed by atoms with Crippen LogP contribution in [0.3, 0.4) is 0 Å². The van der Waals surface area contributed by atoms with Crippen LogP contribution in [-0.2, 0) is 9.59 Å². The van der Waals surface area contributed by atoms with Crippen LogP contribution in [0.1, 0.15) is 18.6 Å². The minimum absolute atomic E-state index is 0.0480. The van der Waals surface area contributed by atoms with Crippen molar-refractivity contribution in [2.24, 2.45) is 0 Å². The number of aliphatic carboxylic acids is 1. The van der Waals surface area contributed by atoms with Crippen molar-refractivity contribution in [2.75, 3.05) is 6.54 Å². The van der Waals surface area contributed by atoms with E-state index < -0.39 is 10.9 Å². The molecule has 3 rings (SSSR count). The number of carbonyl (C=O) groups excluding carboxylic acids is 1. The van der Waals surface area contributed by atoms with Crippen LogP contribution in [0.25, 0.3) is 17.4 Å². The lowest BCUT2D eigenvalue weighted by Gasteiger charge is -2.13. The van der Waals surface area contributed by atoms with E-state index in [4.69, 9.17) is 33.3 Å². The number of nitro benzene ring substituents is 1. The van der Waals surface area contributed by atoms with Crippen molar-refractivity contribution in [1.82, 2.24) is 4.90 Å². The van der Waals surface area contributed by atoms with Crippen molar-refractivity contribution in [3.05, 3.63) is 56.1 Å². The van der Waals surface area contributed by atoms with E-state index in [0.717, 1.165) is 11.8 Å². The highest BCUT2D eigenvalue weighted by molar-refractivity contribution is 8.26. The third kappa shape index (κ3) is 4.84. The molecule has 2 aromatic rings. The molecule has 8 nitrogen and oxygen atoms in total. The van der Waals surface area contributed by atoms with Gasteiger partial charge in [-0.25, -0.2) is 0 Å². The minimum atomic E-state index is -0.931. The first-order valence-corrected chi connectivity index (χ1v) is 9.88. The van der Waals surface area contributed by atoms with Crippen LogP contribution in [0.4, 0.5) is 5.69 Å². The molecule has 2 heterocycles. The second kappa shape index (κ2) is 8.76. The Balaban J connectivity index is 1.76. The van der Waals surface area contributed by atoms with Gasteiger partial charge in [-0.2, -0.15) is 0 Å². The summed E-state index contributed by atoms with van der Waals surface area (Å²) in [6, 6.07) is 7.34. The Morgan fingerprint density at radius 1 is 1.38 bits per heavy atom. The van der Waals surface area contributed by atoms with Crippen LogP contribution in [0.5, 0.6) is 0 Å². The summed E-state index contributed by atoms with van der Waals surface area (Å²) in [7, 11) is 0. The third-order valence-corrected chi connectivity index (χ3v) is 5.67. The van der Waals surface area contributed by atoms with Gasteiger partial charge in [-0.05, 0) is 24.6 Å². The number of hydrogen-bond acceptors (Lipinski definition) is 7. The average Bonchev–Trinajstić information content (AvgIpc) is 3.21. The topological polar surface area (TPSA) is 114 Å². The van der Waals surface area contributed by atoms with E-state index in [0.29, 0.717) is 32.7 Å². The van der Waals surface area contributed by atoms with Crippen molar-refractivity contribution in [3.63, 3.8) is 0 Å². The molecule has 0 bridgehead atoms. The second-order valence-electron chi connectivity index (χ2n) is 5.95. The fourth-order valence-corrected chi connectivity index (χ4v) is 4.16. The van der Waals surface area contributed by atoms with Crippen LogP contribution in [0.15, 0.2) is 39.7 Å². The maximum absolute atomic E-state index is 12.5. The molecule has 1 amide bonds. The van der Waals surface area contributed by atoms with E-state index in [-0.39, 0.29) is 29.6 Å². The number of thiocarbonyl (C=S) groups is 1. The molecule has 150 valence electrons. The molecule has 1 saturated heterocycles. The minimum Gasteiger partial charge on any atom is -0.481 e. The average molecular weight is 453 g/mol. The molecular formula is C18H13ClN2O6S2. The number of carboxylic acids is 1. The van der Waals surface area contributed by atoms with Gasteiger partial charge in [0, 0.05) is 36.7 Å². The second-order valence-corrected chi connectivity index (χ2v) is 8.04. The maximum atomic E-state index is 12.5. The summed E-state index contributed by atoms with van der Waals surface area (Å²) in [6.45, 7) is 0.232. The van der Waals surface area contributed by atoms with Crippen LogP contribution >= 0.6 is 35.6 Å². The van der Waals surface area contributed by atoms with Gasteiger partial charge in [0.2, 0.25) is 0 Å². The van der Waals surface area contributed by atoms with Crippen LogP contribution in [-0.4, -0.2) is 37.7 Å². The van der Waals surface area contributed by atoms with Gasteiger partial charge in [0.05, 0.1) is 14.9 Å². The van der Waals surface area contributed by atoms with Gasteiger partial charge in [0.15, 0.2) is 0 Å². The van der Waals surface area contributed by atoms with E-state index in [9.17, 15) is 19.7 Å². The Morgan fingerprint density at radius 2 is 2.14 bits per heavy atom. The van der Waals surface area contributed by atoms with Gasteiger partial charge in [-0.1, -0.05) is 35.6 Å². The molecule has 1 fully saturated rings. The number of benzene rings is 1. The smallest absolute Gasteiger partial charge is 0.303 e. The normalized spacial score (nSPS) is 15.3. The van der Waals surface area contributed by atoms with E-state index >= 15 is 0 Å². The van der Waals surface area contributed by atoms with Crippen LogP contribution < -0.4 is 0 Å². The number of thioether (sulfide) groups is 1. The van der Waals surface area contributed by atoms with Crippen molar-refractivity contribution in [2.45, 2.75) is 12.8 Å². The molecule has 1 N–H and O–H groups in total. The molecule has 0 saturated carbocycles. The zero-order valence-corrected chi connectivity index (χ0v) is 17.1. The van der Waals surface area contributed by atoms with Gasteiger partial charge in [0.25, 0.3) is 11.6 Å². The predicted octanol–water partition coefficient (Wildman–Crippen LogP) is 4.57. The number of amides is 1. The summed E-state index contributed by atoms with van der Waals surface area (Å²) in [5.74, 6) is -0.454. The van der Waals surface area contributed by atoms with Gasteiger partial charge in [-0.15, -0.1) is 0 Å². The highest BCUT2D eigenvalue weighted by Gasteiger charge is 2.32. The van der Waals surface area contributed by atoms with Crippen molar-refractivity contribution >= 4 is 63.5 Å². The Kier molecular flexibility index (Phi) is 6.36. The van der Waals surface area contributed by atoms with Crippen LogP contribution in [0.2, 0.25) is 5.02 Å². The molecule has 1 aliphatic rings. The number of hydrogen-bond donors (Lipinski definition) is 1. The van der Waals surface area contributed by atoms with Gasteiger partial charge in [-0.3, -0.25) is 24.6 Å². The summed E-state index contributed by atoms with van der Waals surface area (Å²) < 4.78 is 6.07. The molecule has 0 spiro atoms. The Hall–Kier alpha value is -2.69. The standard InChI is InChI=1S/C18H13ClN2O6S2/c19-13-8-10(21(25)26)3-5-12(13)14-6-4-11(27-14)9-15-17(24)20(18(28)29-15)7-1-2-16(22)23/h3-6,8-9H,1-2,7H2,(H,22,23)/b15-9+. The zero-order chi connectivity index (χ0) is 21.1. The number of carboxylic acid groups (broad SMARTS) is 1. The van der Waals surface area contributed by atoms with Gasteiger partial charge in [0.1, 0.15) is 15.8 Å². The number of carbonyl (C=O) groups is 2. The SMILES string of the molecule is O=C(O)CCCN1C(=O)/C(=C\c2ccc(-c3ccc([N+](=O)[O-])cc3Cl)o2)SC1=S. The summed E-state index contributed by atoms with van der Waals surface area (Å²) >= 11 is 12.4. The summed E-state index contributed by atoms with van der Waals surface area (Å²) in [4.78, 5) is 35.1. The molecule has 0 aliphatic carbocycles. The Bertz CT molecular complexity index is 1050. The molecule has 11 heteroatoms. The molecule has 0 atom stereocenters. The highest BCUT2D eigenvalue weighted by Crippen LogP contribution is 2.35. The first kappa shape index (κ1) is 21.0. The van der Waals surface area contributed by atoms with E-state index in [1.54, 1.807) is 18.2 Å². The van der Waals surface area contributed by atoms with Crippen molar-refractivity contribution in [1.29, 1.82) is 0 Å². The first-order chi connectivity index (χ1) is 13.8. The zero-order valence-electron chi connectivity index (χ0n) is 14.7. The summed E-state index contributed by atoms with van der Waals surface area (Å²) in [5.41, 5.74) is 0.357. The molecule has 1 aromatic heterocycles.